The van der Waals surface area contributed by atoms with Crippen LogP contribution >= 0.6 is 0 Å². The van der Waals surface area contributed by atoms with Gasteiger partial charge in [0.15, 0.2) is 11.5 Å². The zero-order chi connectivity index (χ0) is 17.6. The molecular formula is C20H26FNO2. The molecule has 2 aromatic carbocycles. The smallest absolute Gasteiger partial charge is 0.166 e. The zero-order valence-electron chi connectivity index (χ0n) is 14.9. The first-order valence-electron chi connectivity index (χ1n) is 8.23. The van der Waals surface area contributed by atoms with Crippen LogP contribution in [0.25, 0.3) is 0 Å². The molecule has 0 heterocycles. The lowest BCUT2D eigenvalue weighted by atomic mass is 10.0. The molecule has 2 rings (SSSR count). The summed E-state index contributed by atoms with van der Waals surface area (Å²) in [6.07, 6.45) is 1.03. The van der Waals surface area contributed by atoms with Gasteiger partial charge in [0, 0.05) is 17.6 Å². The number of rotatable bonds is 8. The standard InChI is InChI=1S/C20H26FNO2/c1-5-20(2,3)22-13-16-7-6-8-18(23-4)19(16)24-14-15-9-11-17(21)12-10-15/h6-12,22H,5,13-14H2,1-4H3. The molecule has 0 aliphatic rings. The normalized spacial score (nSPS) is 11.4. The highest BCUT2D eigenvalue weighted by molar-refractivity contribution is 5.46. The topological polar surface area (TPSA) is 30.5 Å². The van der Waals surface area contributed by atoms with Gasteiger partial charge >= 0.3 is 0 Å². The number of ether oxygens (including phenoxy) is 2. The molecule has 0 radical (unpaired) electrons. The van der Waals surface area contributed by atoms with Gasteiger partial charge in [-0.2, -0.15) is 0 Å². The number of benzene rings is 2. The maximum Gasteiger partial charge on any atom is 0.166 e. The van der Waals surface area contributed by atoms with E-state index in [9.17, 15) is 4.39 Å². The van der Waals surface area contributed by atoms with Crippen LogP contribution in [-0.2, 0) is 13.2 Å². The molecule has 0 aliphatic heterocycles. The molecular weight excluding hydrogens is 305 g/mol. The lowest BCUT2D eigenvalue weighted by Crippen LogP contribution is -2.37. The minimum atomic E-state index is -0.247. The molecule has 0 fully saturated rings. The van der Waals surface area contributed by atoms with Crippen molar-refractivity contribution in [2.75, 3.05) is 7.11 Å². The Morgan fingerprint density at radius 3 is 2.42 bits per heavy atom. The molecule has 130 valence electrons. The molecule has 4 heteroatoms. The van der Waals surface area contributed by atoms with Crippen molar-refractivity contribution in [3.63, 3.8) is 0 Å². The third kappa shape index (κ3) is 4.96. The van der Waals surface area contributed by atoms with Gasteiger partial charge in [-0.3, -0.25) is 0 Å². The zero-order valence-corrected chi connectivity index (χ0v) is 14.9. The van der Waals surface area contributed by atoms with Gasteiger partial charge in [0.1, 0.15) is 12.4 Å². The van der Waals surface area contributed by atoms with Gasteiger partial charge in [0.25, 0.3) is 0 Å². The maximum atomic E-state index is 13.0. The highest BCUT2D eigenvalue weighted by atomic mass is 19.1. The van der Waals surface area contributed by atoms with Crippen molar-refractivity contribution in [1.29, 1.82) is 0 Å². The average Bonchev–Trinajstić information content (AvgIpc) is 2.59. The number of nitrogens with one attached hydrogen (secondary N) is 1. The molecule has 24 heavy (non-hydrogen) atoms. The Bertz CT molecular complexity index is 653. The molecule has 0 amide bonds. The van der Waals surface area contributed by atoms with Crippen LogP contribution in [0.3, 0.4) is 0 Å². The van der Waals surface area contributed by atoms with Gasteiger partial charge in [-0.05, 0) is 44.0 Å². The first kappa shape index (κ1) is 18.3. The molecule has 2 aromatic rings. The Morgan fingerprint density at radius 2 is 1.79 bits per heavy atom. The summed E-state index contributed by atoms with van der Waals surface area (Å²) in [6.45, 7) is 7.56. The molecule has 3 nitrogen and oxygen atoms in total. The number of methoxy groups -OCH3 is 1. The minimum Gasteiger partial charge on any atom is -0.493 e. The summed E-state index contributed by atoms with van der Waals surface area (Å²) < 4.78 is 24.4. The molecule has 0 atom stereocenters. The summed E-state index contributed by atoms with van der Waals surface area (Å²) >= 11 is 0. The van der Waals surface area contributed by atoms with E-state index in [0.29, 0.717) is 18.9 Å². The predicted octanol–water partition coefficient (Wildman–Crippen LogP) is 4.69. The van der Waals surface area contributed by atoms with Crippen molar-refractivity contribution in [2.45, 2.75) is 45.9 Å². The van der Waals surface area contributed by atoms with Gasteiger partial charge in [-0.25, -0.2) is 4.39 Å². The van der Waals surface area contributed by atoms with Crippen molar-refractivity contribution in [3.05, 3.63) is 59.4 Å². The Kier molecular flexibility index (Phi) is 6.21. The van der Waals surface area contributed by atoms with Crippen LogP contribution in [0.1, 0.15) is 38.3 Å². The first-order valence-corrected chi connectivity index (χ1v) is 8.23. The molecule has 0 spiro atoms. The van der Waals surface area contributed by atoms with Gasteiger partial charge in [-0.1, -0.05) is 31.2 Å². The van der Waals surface area contributed by atoms with Crippen LogP contribution in [0, 0.1) is 5.82 Å². The monoisotopic (exact) mass is 331 g/mol. The van der Waals surface area contributed by atoms with Crippen molar-refractivity contribution in [2.24, 2.45) is 0 Å². The quantitative estimate of drug-likeness (QED) is 0.761. The highest BCUT2D eigenvalue weighted by Crippen LogP contribution is 2.32. The third-order valence-electron chi connectivity index (χ3n) is 4.22. The molecule has 0 aliphatic carbocycles. The van der Waals surface area contributed by atoms with E-state index >= 15 is 0 Å². The second-order valence-corrected chi connectivity index (χ2v) is 6.45. The summed E-state index contributed by atoms with van der Waals surface area (Å²) in [5.41, 5.74) is 2.00. The van der Waals surface area contributed by atoms with Crippen LogP contribution in [-0.4, -0.2) is 12.6 Å². The van der Waals surface area contributed by atoms with Crippen molar-refractivity contribution in [3.8, 4) is 11.5 Å². The van der Waals surface area contributed by atoms with E-state index in [4.69, 9.17) is 9.47 Å². The first-order chi connectivity index (χ1) is 11.4. The molecule has 0 bridgehead atoms. The second kappa shape index (κ2) is 8.15. The molecule has 1 N–H and O–H groups in total. The number of hydrogen-bond acceptors (Lipinski definition) is 3. The van der Waals surface area contributed by atoms with Crippen LogP contribution in [0.2, 0.25) is 0 Å². The van der Waals surface area contributed by atoms with E-state index in [2.05, 4.69) is 26.1 Å². The average molecular weight is 331 g/mol. The van der Waals surface area contributed by atoms with Crippen LogP contribution < -0.4 is 14.8 Å². The Balaban J connectivity index is 2.15. The number of halogens is 1. The summed E-state index contributed by atoms with van der Waals surface area (Å²) in [5, 5.41) is 3.54. The van der Waals surface area contributed by atoms with Crippen molar-refractivity contribution in [1.82, 2.24) is 5.32 Å². The van der Waals surface area contributed by atoms with E-state index in [1.165, 1.54) is 12.1 Å². The number of hydrogen-bond donors (Lipinski definition) is 1. The van der Waals surface area contributed by atoms with Crippen LogP contribution in [0.5, 0.6) is 11.5 Å². The molecule has 0 saturated carbocycles. The van der Waals surface area contributed by atoms with Gasteiger partial charge in [0.05, 0.1) is 7.11 Å². The molecule has 0 aromatic heterocycles. The second-order valence-electron chi connectivity index (χ2n) is 6.45. The fourth-order valence-corrected chi connectivity index (χ4v) is 2.22. The molecule has 0 saturated heterocycles. The predicted molar refractivity (Wildman–Crippen MR) is 94.9 cm³/mol. The fourth-order valence-electron chi connectivity index (χ4n) is 2.22. The maximum absolute atomic E-state index is 13.0. The van der Waals surface area contributed by atoms with Crippen molar-refractivity contribution >= 4 is 0 Å². The minimum absolute atomic E-state index is 0.0529. The summed E-state index contributed by atoms with van der Waals surface area (Å²) in [6, 6.07) is 12.2. The summed E-state index contributed by atoms with van der Waals surface area (Å²) in [4.78, 5) is 0. The summed E-state index contributed by atoms with van der Waals surface area (Å²) in [5.74, 6) is 1.18. The highest BCUT2D eigenvalue weighted by Gasteiger charge is 2.17. The van der Waals surface area contributed by atoms with Gasteiger partial charge in [0.2, 0.25) is 0 Å². The van der Waals surface area contributed by atoms with E-state index < -0.39 is 0 Å². The van der Waals surface area contributed by atoms with Crippen molar-refractivity contribution < 1.29 is 13.9 Å². The SMILES string of the molecule is CCC(C)(C)NCc1cccc(OC)c1OCc1ccc(F)cc1. The Hall–Kier alpha value is -2.07. The fraction of sp³-hybridized carbons (Fsp3) is 0.400. The van der Waals surface area contributed by atoms with Crippen LogP contribution in [0.15, 0.2) is 42.5 Å². The third-order valence-corrected chi connectivity index (χ3v) is 4.22. The van der Waals surface area contributed by atoms with E-state index in [1.807, 2.05) is 18.2 Å². The van der Waals surface area contributed by atoms with E-state index in [1.54, 1.807) is 19.2 Å². The molecule has 0 unspecified atom stereocenters. The Labute approximate surface area is 143 Å². The van der Waals surface area contributed by atoms with Gasteiger partial charge < -0.3 is 14.8 Å². The number of para-hydroxylation sites is 1. The van der Waals surface area contributed by atoms with E-state index in [-0.39, 0.29) is 11.4 Å². The lowest BCUT2D eigenvalue weighted by Gasteiger charge is -2.25. The largest absolute Gasteiger partial charge is 0.493 e. The van der Waals surface area contributed by atoms with E-state index in [0.717, 1.165) is 23.3 Å². The summed E-state index contributed by atoms with van der Waals surface area (Å²) in [7, 11) is 1.63. The lowest BCUT2D eigenvalue weighted by molar-refractivity contribution is 0.278. The Morgan fingerprint density at radius 1 is 1.08 bits per heavy atom. The van der Waals surface area contributed by atoms with Gasteiger partial charge in [-0.15, -0.1) is 0 Å². The van der Waals surface area contributed by atoms with Crippen LogP contribution in [0.4, 0.5) is 4.39 Å².